The quantitative estimate of drug-likeness (QED) is 0.678. The van der Waals surface area contributed by atoms with Crippen LogP contribution >= 0.6 is 0 Å². The lowest BCUT2D eigenvalue weighted by atomic mass is 10.1. The summed E-state index contributed by atoms with van der Waals surface area (Å²) in [4.78, 5) is 2.43. The third-order valence-corrected chi connectivity index (χ3v) is 2.59. The summed E-state index contributed by atoms with van der Waals surface area (Å²) in [5.41, 5.74) is 1.34. The molecule has 1 heterocycles. The molecule has 0 aromatic rings. The lowest BCUT2D eigenvalue weighted by Crippen LogP contribution is -2.52. The molecule has 1 saturated heterocycles. The minimum atomic E-state index is 0.598. The van der Waals surface area contributed by atoms with Gasteiger partial charge in [0.1, 0.15) is 0 Å². The van der Waals surface area contributed by atoms with E-state index in [-0.39, 0.29) is 0 Å². The summed E-state index contributed by atoms with van der Waals surface area (Å²) in [6.45, 7) is 10.9. The van der Waals surface area contributed by atoms with Crippen LogP contribution < -0.4 is 5.32 Å². The summed E-state index contributed by atoms with van der Waals surface area (Å²) in [6, 6.07) is 1.20. The summed E-state index contributed by atoms with van der Waals surface area (Å²) >= 11 is 0. The normalized spacial score (nSPS) is 28.1. The van der Waals surface area contributed by atoms with Crippen LogP contribution in [0.1, 0.15) is 27.7 Å². The molecule has 2 heteroatoms. The van der Waals surface area contributed by atoms with Crippen molar-refractivity contribution in [3.8, 4) is 0 Å². The first-order valence-corrected chi connectivity index (χ1v) is 5.41. The first-order valence-electron chi connectivity index (χ1n) is 5.41. The van der Waals surface area contributed by atoms with E-state index in [0.29, 0.717) is 12.1 Å². The zero-order chi connectivity index (χ0) is 10.6. The van der Waals surface area contributed by atoms with E-state index in [0.717, 1.165) is 13.1 Å². The Bertz CT molecular complexity index is 216. The number of nitrogens with one attached hydrogen (secondary N) is 1. The number of rotatable bonds is 2. The highest BCUT2D eigenvalue weighted by Gasteiger charge is 2.20. The van der Waals surface area contributed by atoms with Crippen LogP contribution in [0.5, 0.6) is 0 Å². The van der Waals surface area contributed by atoms with E-state index in [2.05, 4.69) is 56.3 Å². The Kier molecular flexibility index (Phi) is 4.21. The van der Waals surface area contributed by atoms with Crippen molar-refractivity contribution in [2.75, 3.05) is 13.1 Å². The van der Waals surface area contributed by atoms with Crippen LogP contribution in [0.15, 0.2) is 23.9 Å². The molecule has 0 amide bonds. The van der Waals surface area contributed by atoms with Gasteiger partial charge in [-0.3, -0.25) is 0 Å². The standard InChI is InChI=1S/C12H22N2/c1-10(2)6-5-7-14-11(3)8-13-9-12(14)4/h5-7,11-13H,8-9H2,1-4H3/b7-5+. The molecule has 2 nitrogen and oxygen atoms in total. The molecule has 0 aromatic carbocycles. The molecule has 2 unspecified atom stereocenters. The molecule has 1 rings (SSSR count). The molecular weight excluding hydrogens is 172 g/mol. The van der Waals surface area contributed by atoms with E-state index in [1.165, 1.54) is 5.57 Å². The van der Waals surface area contributed by atoms with E-state index < -0.39 is 0 Å². The van der Waals surface area contributed by atoms with Crippen LogP contribution in [-0.2, 0) is 0 Å². The van der Waals surface area contributed by atoms with Crippen molar-refractivity contribution < 1.29 is 0 Å². The highest BCUT2D eigenvalue weighted by Crippen LogP contribution is 2.10. The smallest absolute Gasteiger partial charge is 0.0384 e. The van der Waals surface area contributed by atoms with Gasteiger partial charge >= 0.3 is 0 Å². The van der Waals surface area contributed by atoms with Crippen molar-refractivity contribution in [2.24, 2.45) is 0 Å². The van der Waals surface area contributed by atoms with Crippen LogP contribution in [0.2, 0.25) is 0 Å². The second kappa shape index (κ2) is 5.20. The Morgan fingerprint density at radius 2 is 1.79 bits per heavy atom. The molecule has 0 aliphatic carbocycles. The monoisotopic (exact) mass is 194 g/mol. The van der Waals surface area contributed by atoms with Crippen molar-refractivity contribution in [1.29, 1.82) is 0 Å². The number of nitrogens with zero attached hydrogens (tertiary/aromatic N) is 1. The van der Waals surface area contributed by atoms with Gasteiger partial charge in [-0.15, -0.1) is 0 Å². The van der Waals surface area contributed by atoms with E-state index >= 15 is 0 Å². The van der Waals surface area contributed by atoms with Gasteiger partial charge in [0.2, 0.25) is 0 Å². The molecule has 2 atom stereocenters. The Hall–Kier alpha value is -0.760. The van der Waals surface area contributed by atoms with Gasteiger partial charge in [-0.05, 0) is 40.0 Å². The molecule has 1 aliphatic rings. The van der Waals surface area contributed by atoms with Crippen LogP contribution in [0.25, 0.3) is 0 Å². The fourth-order valence-electron chi connectivity index (χ4n) is 1.78. The number of hydrogen-bond donors (Lipinski definition) is 1. The predicted molar refractivity (Wildman–Crippen MR) is 62.2 cm³/mol. The Balaban J connectivity index is 2.56. The van der Waals surface area contributed by atoms with Gasteiger partial charge in [-0.2, -0.15) is 0 Å². The summed E-state index contributed by atoms with van der Waals surface area (Å²) in [6.07, 6.45) is 6.51. The summed E-state index contributed by atoms with van der Waals surface area (Å²) in [7, 11) is 0. The maximum atomic E-state index is 3.42. The first-order chi connectivity index (χ1) is 6.61. The average molecular weight is 194 g/mol. The van der Waals surface area contributed by atoms with Crippen molar-refractivity contribution in [1.82, 2.24) is 10.2 Å². The minimum absolute atomic E-state index is 0.598. The molecule has 0 aromatic heterocycles. The van der Waals surface area contributed by atoms with Crippen molar-refractivity contribution >= 4 is 0 Å². The Morgan fingerprint density at radius 1 is 1.21 bits per heavy atom. The summed E-state index contributed by atoms with van der Waals surface area (Å²) in [5.74, 6) is 0. The molecule has 0 radical (unpaired) electrons. The summed E-state index contributed by atoms with van der Waals surface area (Å²) < 4.78 is 0. The lowest BCUT2D eigenvalue weighted by molar-refractivity contribution is 0.179. The minimum Gasteiger partial charge on any atom is -0.369 e. The maximum absolute atomic E-state index is 3.42. The number of allylic oxidation sites excluding steroid dienone is 3. The molecule has 1 fully saturated rings. The van der Waals surface area contributed by atoms with E-state index in [9.17, 15) is 0 Å². The van der Waals surface area contributed by atoms with Crippen LogP contribution in [0.4, 0.5) is 0 Å². The number of hydrogen-bond acceptors (Lipinski definition) is 2. The van der Waals surface area contributed by atoms with Crippen molar-refractivity contribution in [3.05, 3.63) is 23.9 Å². The zero-order valence-corrected chi connectivity index (χ0v) is 9.75. The highest BCUT2D eigenvalue weighted by molar-refractivity contribution is 5.09. The molecule has 1 aliphatic heterocycles. The van der Waals surface area contributed by atoms with E-state index in [1.54, 1.807) is 0 Å². The Morgan fingerprint density at radius 3 is 2.29 bits per heavy atom. The van der Waals surface area contributed by atoms with Crippen molar-refractivity contribution in [2.45, 2.75) is 39.8 Å². The van der Waals surface area contributed by atoms with Gasteiger partial charge in [0, 0.05) is 25.2 Å². The topological polar surface area (TPSA) is 15.3 Å². The lowest BCUT2D eigenvalue weighted by Gasteiger charge is -2.38. The third kappa shape index (κ3) is 3.18. The number of piperazine rings is 1. The molecule has 0 bridgehead atoms. The van der Waals surface area contributed by atoms with Crippen LogP contribution in [-0.4, -0.2) is 30.1 Å². The third-order valence-electron chi connectivity index (χ3n) is 2.59. The van der Waals surface area contributed by atoms with Gasteiger partial charge in [0.15, 0.2) is 0 Å². The van der Waals surface area contributed by atoms with E-state index in [4.69, 9.17) is 0 Å². The maximum Gasteiger partial charge on any atom is 0.0384 e. The molecule has 80 valence electrons. The first kappa shape index (κ1) is 11.3. The fraction of sp³-hybridized carbons (Fsp3) is 0.667. The molecule has 0 spiro atoms. The van der Waals surface area contributed by atoms with Gasteiger partial charge in [0.05, 0.1) is 0 Å². The SMILES string of the molecule is CC(C)=C/C=C/N1C(C)CNCC1C. The molecule has 0 saturated carbocycles. The molecule has 1 N–H and O–H groups in total. The Labute approximate surface area is 87.7 Å². The second-order valence-electron chi connectivity index (χ2n) is 4.39. The largest absolute Gasteiger partial charge is 0.369 e. The highest BCUT2D eigenvalue weighted by atomic mass is 15.2. The van der Waals surface area contributed by atoms with E-state index in [1.807, 2.05) is 0 Å². The zero-order valence-electron chi connectivity index (χ0n) is 9.75. The predicted octanol–water partition coefficient (Wildman–Crippen LogP) is 2.15. The fourth-order valence-corrected chi connectivity index (χ4v) is 1.78. The van der Waals surface area contributed by atoms with Gasteiger partial charge in [-0.1, -0.05) is 11.6 Å². The average Bonchev–Trinajstić information content (AvgIpc) is 2.09. The molecular formula is C12H22N2. The summed E-state index contributed by atoms with van der Waals surface area (Å²) in [5, 5.41) is 3.42. The molecule has 14 heavy (non-hydrogen) atoms. The van der Waals surface area contributed by atoms with Gasteiger partial charge in [-0.25, -0.2) is 0 Å². The van der Waals surface area contributed by atoms with Gasteiger partial charge < -0.3 is 10.2 Å². The van der Waals surface area contributed by atoms with Crippen LogP contribution in [0.3, 0.4) is 0 Å². The van der Waals surface area contributed by atoms with Gasteiger partial charge in [0.25, 0.3) is 0 Å². The van der Waals surface area contributed by atoms with Crippen LogP contribution in [0, 0.1) is 0 Å². The van der Waals surface area contributed by atoms with Crippen molar-refractivity contribution in [3.63, 3.8) is 0 Å². The second-order valence-corrected chi connectivity index (χ2v) is 4.39.